The maximum absolute atomic E-state index is 12.1. The van der Waals surface area contributed by atoms with Gasteiger partial charge in [0.1, 0.15) is 5.75 Å². The Kier molecular flexibility index (Phi) is 9.72. The van der Waals surface area contributed by atoms with E-state index in [1.54, 1.807) is 24.3 Å². The molecule has 0 heterocycles. The Morgan fingerprint density at radius 3 is 2.46 bits per heavy atom. The molecule has 3 N–H and O–H groups in total. The number of carbonyl (C=O) groups is 1. The van der Waals surface area contributed by atoms with Gasteiger partial charge in [-0.15, -0.1) is 0 Å². The first-order valence-electron chi connectivity index (χ1n) is 9.43. The van der Waals surface area contributed by atoms with Crippen LogP contribution in [0, 0.1) is 0 Å². The van der Waals surface area contributed by atoms with E-state index in [2.05, 4.69) is 20.9 Å². The van der Waals surface area contributed by atoms with Gasteiger partial charge < -0.3 is 20.7 Å². The third kappa shape index (κ3) is 7.88. The molecule has 2 rings (SSSR count). The molecular weight excluding hydrogens is 376 g/mol. The molecule has 0 aliphatic carbocycles. The summed E-state index contributed by atoms with van der Waals surface area (Å²) in [5, 5.41) is 9.67. The maximum atomic E-state index is 12.1. The van der Waals surface area contributed by atoms with Crippen LogP contribution in [0.2, 0.25) is 5.02 Å². The molecular formula is C21H27ClN4O2. The fourth-order valence-corrected chi connectivity index (χ4v) is 2.62. The molecule has 7 heteroatoms. The summed E-state index contributed by atoms with van der Waals surface area (Å²) in [6, 6.07) is 16.7. The summed E-state index contributed by atoms with van der Waals surface area (Å²) >= 11 is 6.03. The number of amides is 1. The molecule has 1 amide bonds. The van der Waals surface area contributed by atoms with Crippen molar-refractivity contribution in [1.29, 1.82) is 0 Å². The number of hydrogen-bond acceptors (Lipinski definition) is 3. The van der Waals surface area contributed by atoms with Crippen LogP contribution in [0.25, 0.3) is 0 Å². The first-order chi connectivity index (χ1) is 13.7. The number of rotatable bonds is 10. The molecule has 2 aromatic rings. The summed E-state index contributed by atoms with van der Waals surface area (Å²) in [4.78, 5) is 16.6. The Hall–Kier alpha value is -2.73. The number of aliphatic imine (C=N–C) groups is 1. The van der Waals surface area contributed by atoms with E-state index in [-0.39, 0.29) is 5.91 Å². The third-order valence-electron chi connectivity index (χ3n) is 3.75. The number of halogens is 1. The summed E-state index contributed by atoms with van der Waals surface area (Å²) in [6.45, 7) is 5.05. The topological polar surface area (TPSA) is 74.8 Å². The second-order valence-electron chi connectivity index (χ2n) is 5.94. The summed E-state index contributed by atoms with van der Waals surface area (Å²) in [6.07, 6.45) is 0.814. The van der Waals surface area contributed by atoms with Gasteiger partial charge in [0.05, 0.1) is 17.2 Å². The zero-order chi connectivity index (χ0) is 20.0. The van der Waals surface area contributed by atoms with Crippen LogP contribution in [-0.4, -0.2) is 44.7 Å². The molecule has 0 atom stereocenters. The van der Waals surface area contributed by atoms with Crippen molar-refractivity contribution in [3.05, 3.63) is 65.2 Å². The van der Waals surface area contributed by atoms with E-state index in [0.29, 0.717) is 42.8 Å². The zero-order valence-electron chi connectivity index (χ0n) is 16.1. The number of benzene rings is 2. The maximum Gasteiger partial charge on any atom is 0.252 e. The minimum Gasteiger partial charge on any atom is -0.494 e. The number of hydrogen-bond donors (Lipinski definition) is 3. The van der Waals surface area contributed by atoms with Gasteiger partial charge in [-0.25, -0.2) is 0 Å². The van der Waals surface area contributed by atoms with Crippen LogP contribution in [0.5, 0.6) is 5.75 Å². The first-order valence-corrected chi connectivity index (χ1v) is 9.81. The Morgan fingerprint density at radius 2 is 1.71 bits per heavy atom. The third-order valence-corrected chi connectivity index (χ3v) is 4.08. The highest BCUT2D eigenvalue weighted by Crippen LogP contribution is 2.14. The quantitative estimate of drug-likeness (QED) is 0.324. The van der Waals surface area contributed by atoms with Crippen molar-refractivity contribution >= 4 is 23.5 Å². The highest BCUT2D eigenvalue weighted by molar-refractivity contribution is 6.33. The smallest absolute Gasteiger partial charge is 0.252 e. The van der Waals surface area contributed by atoms with Crippen molar-refractivity contribution in [2.75, 3.05) is 32.8 Å². The molecule has 28 heavy (non-hydrogen) atoms. The monoisotopic (exact) mass is 402 g/mol. The van der Waals surface area contributed by atoms with E-state index >= 15 is 0 Å². The largest absolute Gasteiger partial charge is 0.494 e. The lowest BCUT2D eigenvalue weighted by atomic mass is 10.2. The predicted octanol–water partition coefficient (Wildman–Crippen LogP) is 3.09. The molecule has 0 radical (unpaired) electrons. The Morgan fingerprint density at radius 1 is 1.00 bits per heavy atom. The summed E-state index contributed by atoms with van der Waals surface area (Å²) in [7, 11) is 0. The molecule has 0 fully saturated rings. The highest BCUT2D eigenvalue weighted by atomic mass is 35.5. The minimum absolute atomic E-state index is 0.188. The Labute approximate surface area is 171 Å². The van der Waals surface area contributed by atoms with Crippen LogP contribution in [0.1, 0.15) is 23.7 Å². The molecule has 0 saturated heterocycles. The lowest BCUT2D eigenvalue weighted by Crippen LogP contribution is -2.41. The summed E-state index contributed by atoms with van der Waals surface area (Å²) in [5.41, 5.74) is 0.475. The fraction of sp³-hybridized carbons (Fsp3) is 0.333. The van der Waals surface area contributed by atoms with Gasteiger partial charge in [0, 0.05) is 32.6 Å². The van der Waals surface area contributed by atoms with Crippen molar-refractivity contribution < 1.29 is 9.53 Å². The average molecular weight is 403 g/mol. The standard InChI is InChI=1S/C21H27ClN4O2/c1-2-23-21(25-13-8-16-28-17-9-4-3-5-10-17)26-15-14-24-20(27)18-11-6-7-12-19(18)22/h3-7,9-12H,2,8,13-16H2,1H3,(H,24,27)(H2,23,25,26). The van der Waals surface area contributed by atoms with Gasteiger partial charge in [0.15, 0.2) is 5.96 Å². The average Bonchev–Trinajstić information content (AvgIpc) is 2.71. The molecule has 150 valence electrons. The molecule has 0 aliphatic heterocycles. The number of nitrogens with one attached hydrogen (secondary N) is 3. The van der Waals surface area contributed by atoms with Crippen molar-refractivity contribution in [2.45, 2.75) is 13.3 Å². The molecule has 0 bridgehead atoms. The van der Waals surface area contributed by atoms with Gasteiger partial charge in [-0.2, -0.15) is 0 Å². The van der Waals surface area contributed by atoms with Crippen molar-refractivity contribution in [1.82, 2.24) is 16.0 Å². The van der Waals surface area contributed by atoms with Crippen LogP contribution < -0.4 is 20.7 Å². The SMILES string of the molecule is CCNC(=NCCCOc1ccccc1)NCCNC(=O)c1ccccc1Cl. The van der Waals surface area contributed by atoms with E-state index in [1.165, 1.54) is 0 Å². The van der Waals surface area contributed by atoms with Gasteiger partial charge >= 0.3 is 0 Å². The molecule has 0 spiro atoms. The number of para-hydroxylation sites is 1. The van der Waals surface area contributed by atoms with Gasteiger partial charge in [0.2, 0.25) is 0 Å². The van der Waals surface area contributed by atoms with E-state index < -0.39 is 0 Å². The number of guanidine groups is 1. The lowest BCUT2D eigenvalue weighted by Gasteiger charge is -2.12. The van der Waals surface area contributed by atoms with E-state index in [4.69, 9.17) is 16.3 Å². The van der Waals surface area contributed by atoms with Crippen LogP contribution in [0.4, 0.5) is 0 Å². The number of nitrogens with zero attached hydrogens (tertiary/aromatic N) is 1. The molecule has 6 nitrogen and oxygen atoms in total. The Bertz CT molecular complexity index is 753. The van der Waals surface area contributed by atoms with Crippen LogP contribution in [0.15, 0.2) is 59.6 Å². The van der Waals surface area contributed by atoms with Crippen molar-refractivity contribution in [3.8, 4) is 5.75 Å². The van der Waals surface area contributed by atoms with E-state index in [0.717, 1.165) is 18.7 Å². The van der Waals surface area contributed by atoms with Gasteiger partial charge in [-0.05, 0) is 31.2 Å². The normalized spacial score (nSPS) is 11.0. The number of carbonyl (C=O) groups excluding carboxylic acids is 1. The molecule has 0 saturated carbocycles. The van der Waals surface area contributed by atoms with Gasteiger partial charge in [0.25, 0.3) is 5.91 Å². The Balaban J connectivity index is 1.66. The number of ether oxygens (including phenoxy) is 1. The van der Waals surface area contributed by atoms with Gasteiger partial charge in [-0.3, -0.25) is 9.79 Å². The molecule has 0 unspecified atom stereocenters. The van der Waals surface area contributed by atoms with Crippen LogP contribution in [-0.2, 0) is 0 Å². The molecule has 0 aromatic heterocycles. The second kappa shape index (κ2) is 12.6. The summed E-state index contributed by atoms with van der Waals surface area (Å²) in [5.74, 6) is 1.40. The zero-order valence-corrected chi connectivity index (χ0v) is 16.8. The lowest BCUT2D eigenvalue weighted by molar-refractivity contribution is 0.0954. The van der Waals surface area contributed by atoms with Crippen LogP contribution in [0.3, 0.4) is 0 Å². The minimum atomic E-state index is -0.188. The van der Waals surface area contributed by atoms with E-state index in [9.17, 15) is 4.79 Å². The fourth-order valence-electron chi connectivity index (χ4n) is 2.40. The van der Waals surface area contributed by atoms with Gasteiger partial charge in [-0.1, -0.05) is 41.9 Å². The first kappa shape index (κ1) is 21.6. The van der Waals surface area contributed by atoms with Crippen LogP contribution >= 0.6 is 11.6 Å². The van der Waals surface area contributed by atoms with E-state index in [1.807, 2.05) is 37.3 Å². The second-order valence-corrected chi connectivity index (χ2v) is 6.35. The van der Waals surface area contributed by atoms with Crippen molar-refractivity contribution in [3.63, 3.8) is 0 Å². The molecule has 2 aromatic carbocycles. The predicted molar refractivity (Wildman–Crippen MR) is 114 cm³/mol. The molecule has 0 aliphatic rings. The van der Waals surface area contributed by atoms with Crippen molar-refractivity contribution in [2.24, 2.45) is 4.99 Å². The highest BCUT2D eigenvalue weighted by Gasteiger charge is 2.08. The summed E-state index contributed by atoms with van der Waals surface area (Å²) < 4.78 is 5.66.